The molecule has 0 heterocycles. The van der Waals surface area contributed by atoms with Gasteiger partial charge in [0, 0.05) is 32.6 Å². The van der Waals surface area contributed by atoms with E-state index in [2.05, 4.69) is 10.3 Å². The van der Waals surface area contributed by atoms with Crippen molar-refractivity contribution in [1.29, 1.82) is 0 Å². The van der Waals surface area contributed by atoms with Crippen molar-refractivity contribution in [3.05, 3.63) is 0 Å². The van der Waals surface area contributed by atoms with E-state index >= 15 is 0 Å². The van der Waals surface area contributed by atoms with E-state index in [9.17, 15) is 24.0 Å². The number of aliphatic imine (C=N–C) groups is 1. The number of carboxylic acids is 1. The van der Waals surface area contributed by atoms with E-state index in [1.807, 2.05) is 0 Å². The van der Waals surface area contributed by atoms with Gasteiger partial charge in [-0.25, -0.2) is 0 Å². The van der Waals surface area contributed by atoms with Crippen molar-refractivity contribution in [2.24, 2.45) is 27.9 Å². The maximum atomic E-state index is 12.1. The molecule has 0 aliphatic carbocycles. The minimum atomic E-state index is -1.36. The Morgan fingerprint density at radius 1 is 0.931 bits per heavy atom. The summed E-state index contributed by atoms with van der Waals surface area (Å²) < 4.78 is 0. The second kappa shape index (κ2) is 13.7. The summed E-state index contributed by atoms with van der Waals surface area (Å²) in [5, 5.41) is 11.1. The molecular weight excluding hydrogens is 388 g/mol. The first kappa shape index (κ1) is 25.6. The van der Waals surface area contributed by atoms with Crippen LogP contribution in [0.3, 0.4) is 0 Å². The summed E-state index contributed by atoms with van der Waals surface area (Å²) in [6.45, 7) is -0.623. The number of guanidine groups is 1. The molecule has 0 aliphatic heterocycles. The van der Waals surface area contributed by atoms with Crippen LogP contribution in [0.5, 0.6) is 0 Å². The molecule has 4 amide bonds. The smallest absolute Gasteiger partial charge is 0.312 e. The van der Waals surface area contributed by atoms with Gasteiger partial charge in [-0.15, -0.1) is 0 Å². The van der Waals surface area contributed by atoms with E-state index in [4.69, 9.17) is 28.0 Å². The van der Waals surface area contributed by atoms with Crippen molar-refractivity contribution in [1.82, 2.24) is 15.1 Å². The fraction of sp³-hybridized carbons (Fsp3) is 0.600. The number of hydrogen-bond donors (Lipinski definition) is 6. The van der Waals surface area contributed by atoms with Gasteiger partial charge in [0.2, 0.25) is 23.6 Å². The molecule has 0 aromatic rings. The maximum absolute atomic E-state index is 12.1. The van der Waals surface area contributed by atoms with Gasteiger partial charge in [-0.2, -0.15) is 0 Å². The summed E-state index contributed by atoms with van der Waals surface area (Å²) >= 11 is 0. The number of carboxylic acid groups (broad SMARTS) is 1. The Hall–Kier alpha value is -3.42. The number of nitrogens with two attached hydrogens (primary N) is 4. The van der Waals surface area contributed by atoms with Gasteiger partial charge in [-0.1, -0.05) is 0 Å². The second-order valence-electron chi connectivity index (χ2n) is 5.86. The SMILES string of the molecule is NCCN(CC(=O)NCCN(CC(N)=O)C(=O)CC(=O)O)C(=O)CCN=C(N)N. The predicted octanol–water partition coefficient (Wildman–Crippen LogP) is -4.66. The van der Waals surface area contributed by atoms with E-state index in [0.717, 1.165) is 4.90 Å². The number of nitrogens with one attached hydrogen (secondary N) is 1. The number of carbonyl (C=O) groups excluding carboxylic acids is 4. The number of aliphatic carboxylic acids is 1. The molecule has 0 bridgehead atoms. The number of carbonyl (C=O) groups is 5. The molecule has 0 rings (SSSR count). The number of amides is 4. The number of nitrogens with zero attached hydrogens (tertiary/aromatic N) is 3. The Balaban J connectivity index is 4.63. The van der Waals surface area contributed by atoms with Crippen LogP contribution in [-0.2, 0) is 24.0 Å². The van der Waals surface area contributed by atoms with Crippen LogP contribution in [0.1, 0.15) is 12.8 Å². The number of primary amides is 1. The van der Waals surface area contributed by atoms with Gasteiger partial charge in [0.05, 0.1) is 19.6 Å². The third-order valence-corrected chi connectivity index (χ3v) is 3.41. The van der Waals surface area contributed by atoms with Gasteiger partial charge in [-0.3, -0.25) is 29.0 Å². The highest BCUT2D eigenvalue weighted by atomic mass is 16.4. The molecule has 0 saturated carbocycles. The molecule has 29 heavy (non-hydrogen) atoms. The topological polar surface area (TPSA) is 241 Å². The van der Waals surface area contributed by atoms with E-state index in [-0.39, 0.29) is 57.6 Å². The molecule has 0 aliphatic rings. The van der Waals surface area contributed by atoms with Crippen LogP contribution < -0.4 is 28.3 Å². The normalized spacial score (nSPS) is 9.97. The average Bonchev–Trinajstić information content (AvgIpc) is 2.59. The van der Waals surface area contributed by atoms with Crippen molar-refractivity contribution < 1.29 is 29.1 Å². The predicted molar refractivity (Wildman–Crippen MR) is 102 cm³/mol. The Morgan fingerprint density at radius 3 is 2.07 bits per heavy atom. The van der Waals surface area contributed by atoms with Gasteiger partial charge < -0.3 is 43.2 Å². The summed E-state index contributed by atoms with van der Waals surface area (Å²) in [6.07, 6.45) is -0.822. The molecule has 14 heteroatoms. The van der Waals surface area contributed by atoms with Gasteiger partial charge >= 0.3 is 5.97 Å². The lowest BCUT2D eigenvalue weighted by Crippen LogP contribution is -2.46. The third kappa shape index (κ3) is 12.6. The zero-order valence-electron chi connectivity index (χ0n) is 16.0. The van der Waals surface area contributed by atoms with E-state index in [0.29, 0.717) is 0 Å². The third-order valence-electron chi connectivity index (χ3n) is 3.41. The Kier molecular flexibility index (Phi) is 12.1. The summed E-state index contributed by atoms with van der Waals surface area (Å²) in [5.41, 5.74) is 20.8. The largest absolute Gasteiger partial charge is 0.481 e. The summed E-state index contributed by atoms with van der Waals surface area (Å²) in [4.78, 5) is 63.5. The van der Waals surface area contributed by atoms with Crippen molar-refractivity contribution in [3.8, 4) is 0 Å². The molecule has 10 N–H and O–H groups in total. The monoisotopic (exact) mass is 416 g/mol. The minimum absolute atomic E-state index is 0.0126. The zero-order valence-corrected chi connectivity index (χ0v) is 16.0. The standard InChI is InChI=1S/C15H28N8O6/c16-2-5-22(12(26)1-3-21-15(18)19)9-11(25)20-4-6-23(8-10(17)24)13(27)7-14(28)29/h1-9,16H2,(H2,17,24)(H,20,25)(H,28,29)(H4,18,19,21). The Labute approximate surface area is 167 Å². The van der Waals surface area contributed by atoms with Crippen LogP contribution in [0, 0.1) is 0 Å². The van der Waals surface area contributed by atoms with Crippen molar-refractivity contribution in [3.63, 3.8) is 0 Å². The highest BCUT2D eigenvalue weighted by Gasteiger charge is 2.20. The van der Waals surface area contributed by atoms with Crippen molar-refractivity contribution in [2.45, 2.75) is 12.8 Å². The molecule has 0 spiro atoms. The van der Waals surface area contributed by atoms with Crippen LogP contribution in [-0.4, -0.2) is 96.3 Å². The fourth-order valence-corrected chi connectivity index (χ4v) is 2.17. The molecule has 0 aromatic carbocycles. The van der Waals surface area contributed by atoms with Crippen molar-refractivity contribution >= 4 is 35.6 Å². The highest BCUT2D eigenvalue weighted by molar-refractivity contribution is 5.95. The van der Waals surface area contributed by atoms with Gasteiger partial charge in [0.1, 0.15) is 6.42 Å². The van der Waals surface area contributed by atoms with Crippen LogP contribution in [0.2, 0.25) is 0 Å². The van der Waals surface area contributed by atoms with Gasteiger partial charge in [0.15, 0.2) is 5.96 Å². The Bertz CT molecular complexity index is 634. The van der Waals surface area contributed by atoms with Crippen LogP contribution >= 0.6 is 0 Å². The lowest BCUT2D eigenvalue weighted by atomic mass is 10.3. The van der Waals surface area contributed by atoms with E-state index < -0.39 is 36.7 Å². The molecule has 0 saturated heterocycles. The molecule has 0 fully saturated rings. The summed E-state index contributed by atoms with van der Waals surface area (Å²) in [6, 6.07) is 0. The molecule has 0 atom stereocenters. The first-order valence-electron chi connectivity index (χ1n) is 8.64. The Morgan fingerprint density at radius 2 is 1.55 bits per heavy atom. The molecule has 0 radical (unpaired) electrons. The quantitative estimate of drug-likeness (QED) is 0.0904. The van der Waals surface area contributed by atoms with E-state index in [1.54, 1.807) is 0 Å². The summed E-state index contributed by atoms with van der Waals surface area (Å²) in [5.74, 6) is -4.05. The zero-order chi connectivity index (χ0) is 22.4. The second-order valence-corrected chi connectivity index (χ2v) is 5.86. The van der Waals surface area contributed by atoms with Crippen LogP contribution in [0.15, 0.2) is 4.99 Å². The van der Waals surface area contributed by atoms with E-state index in [1.165, 1.54) is 4.90 Å². The molecular formula is C15H28N8O6. The molecule has 164 valence electrons. The lowest BCUT2D eigenvalue weighted by molar-refractivity contribution is -0.145. The van der Waals surface area contributed by atoms with Gasteiger partial charge in [0.25, 0.3) is 0 Å². The number of rotatable bonds is 14. The lowest BCUT2D eigenvalue weighted by Gasteiger charge is -2.23. The number of hydrogen-bond acceptors (Lipinski definition) is 7. The van der Waals surface area contributed by atoms with Crippen LogP contribution in [0.25, 0.3) is 0 Å². The first-order valence-corrected chi connectivity index (χ1v) is 8.64. The van der Waals surface area contributed by atoms with Crippen molar-refractivity contribution in [2.75, 3.05) is 45.8 Å². The minimum Gasteiger partial charge on any atom is -0.481 e. The molecule has 0 aromatic heterocycles. The fourth-order valence-electron chi connectivity index (χ4n) is 2.17. The first-order chi connectivity index (χ1) is 13.6. The maximum Gasteiger partial charge on any atom is 0.312 e. The van der Waals surface area contributed by atoms with Gasteiger partial charge in [-0.05, 0) is 0 Å². The highest BCUT2D eigenvalue weighted by Crippen LogP contribution is 1.96. The van der Waals surface area contributed by atoms with Crippen LogP contribution in [0.4, 0.5) is 0 Å². The average molecular weight is 416 g/mol. The summed E-state index contributed by atoms with van der Waals surface area (Å²) in [7, 11) is 0. The molecule has 0 unspecified atom stereocenters. The molecule has 14 nitrogen and oxygen atoms in total.